The van der Waals surface area contributed by atoms with Crippen molar-refractivity contribution in [3.05, 3.63) is 48.0 Å². The number of rotatable bonds is 5. The van der Waals surface area contributed by atoms with E-state index in [0.29, 0.717) is 26.2 Å². The van der Waals surface area contributed by atoms with E-state index in [9.17, 15) is 9.59 Å². The smallest absolute Gasteiger partial charge is 0.377 e. The Balaban J connectivity index is 1.47. The second-order valence-electron chi connectivity index (χ2n) is 5.90. The van der Waals surface area contributed by atoms with Crippen LogP contribution >= 0.6 is 0 Å². The topological polar surface area (TPSA) is 80.6 Å². The molecule has 0 unspecified atom stereocenters. The van der Waals surface area contributed by atoms with Crippen molar-refractivity contribution in [1.29, 1.82) is 0 Å². The van der Waals surface area contributed by atoms with Crippen LogP contribution in [0.1, 0.15) is 16.2 Å². The van der Waals surface area contributed by atoms with Crippen molar-refractivity contribution < 1.29 is 14.3 Å². The summed E-state index contributed by atoms with van der Waals surface area (Å²) in [5.41, 5.74) is 1.04. The number of benzene rings is 1. The van der Waals surface area contributed by atoms with Gasteiger partial charge in [-0.25, -0.2) is 14.5 Å². The summed E-state index contributed by atoms with van der Waals surface area (Å²) in [7, 11) is 1.30. The van der Waals surface area contributed by atoms with E-state index in [0.717, 1.165) is 18.7 Å². The molecule has 1 saturated heterocycles. The molecule has 0 saturated carbocycles. The average molecular weight is 343 g/mol. The Morgan fingerprint density at radius 2 is 1.84 bits per heavy atom. The van der Waals surface area contributed by atoms with E-state index in [1.54, 1.807) is 4.68 Å². The zero-order chi connectivity index (χ0) is 17.6. The largest absolute Gasteiger partial charge is 0.463 e. The Hall–Kier alpha value is -2.74. The van der Waals surface area contributed by atoms with Gasteiger partial charge in [-0.15, -0.1) is 5.10 Å². The Morgan fingerprint density at radius 3 is 2.52 bits per heavy atom. The van der Waals surface area contributed by atoms with Crippen LogP contribution in [0.15, 0.2) is 36.7 Å². The van der Waals surface area contributed by atoms with E-state index < -0.39 is 5.97 Å². The number of piperazine rings is 1. The molecule has 1 fully saturated rings. The monoisotopic (exact) mass is 343 g/mol. The summed E-state index contributed by atoms with van der Waals surface area (Å²) in [5.74, 6) is -0.339. The number of ether oxygens (including phenoxy) is 1. The second kappa shape index (κ2) is 7.89. The first-order valence-corrected chi connectivity index (χ1v) is 8.17. The fourth-order valence-corrected chi connectivity index (χ4v) is 2.77. The van der Waals surface area contributed by atoms with Crippen LogP contribution < -0.4 is 0 Å². The van der Waals surface area contributed by atoms with Gasteiger partial charge in [0.1, 0.15) is 6.33 Å². The molecule has 1 aliphatic heterocycles. The maximum absolute atomic E-state index is 12.4. The summed E-state index contributed by atoms with van der Waals surface area (Å²) in [6, 6.07) is 9.78. The lowest BCUT2D eigenvalue weighted by Gasteiger charge is -2.34. The fourth-order valence-electron chi connectivity index (χ4n) is 2.77. The van der Waals surface area contributed by atoms with E-state index in [2.05, 4.69) is 19.7 Å². The first kappa shape index (κ1) is 17.1. The van der Waals surface area contributed by atoms with Crippen molar-refractivity contribution in [2.24, 2.45) is 0 Å². The van der Waals surface area contributed by atoms with Crippen molar-refractivity contribution in [2.45, 2.75) is 13.1 Å². The molecule has 0 spiro atoms. The molecule has 8 nitrogen and oxygen atoms in total. The van der Waals surface area contributed by atoms with Gasteiger partial charge in [0.2, 0.25) is 5.91 Å². The van der Waals surface area contributed by atoms with Crippen LogP contribution in [-0.2, 0) is 22.6 Å². The minimum Gasteiger partial charge on any atom is -0.463 e. The summed E-state index contributed by atoms with van der Waals surface area (Å²) in [6.45, 7) is 3.42. The predicted molar refractivity (Wildman–Crippen MR) is 89.7 cm³/mol. The van der Waals surface area contributed by atoms with E-state index in [-0.39, 0.29) is 11.7 Å². The molecule has 1 amide bonds. The molecule has 25 heavy (non-hydrogen) atoms. The molecular weight excluding hydrogens is 322 g/mol. The molecule has 3 rings (SSSR count). The standard InChI is InChI=1S/C17H21N5O3/c1-25-17(24)16-18-12-22(19-16)13-20-7-9-21(10-8-20)15(23)11-14-5-3-2-4-6-14/h2-6,12H,7-11,13H2,1H3. The zero-order valence-corrected chi connectivity index (χ0v) is 14.2. The van der Waals surface area contributed by atoms with E-state index in [1.165, 1.54) is 13.4 Å². The van der Waals surface area contributed by atoms with Gasteiger partial charge in [-0.2, -0.15) is 0 Å². The maximum atomic E-state index is 12.4. The van der Waals surface area contributed by atoms with Gasteiger partial charge in [0.05, 0.1) is 20.2 Å². The van der Waals surface area contributed by atoms with Gasteiger partial charge < -0.3 is 9.64 Å². The van der Waals surface area contributed by atoms with Gasteiger partial charge in [-0.05, 0) is 5.56 Å². The van der Waals surface area contributed by atoms with Crippen LogP contribution in [0.4, 0.5) is 0 Å². The number of hydrogen-bond acceptors (Lipinski definition) is 6. The van der Waals surface area contributed by atoms with Crippen LogP contribution in [0.5, 0.6) is 0 Å². The summed E-state index contributed by atoms with van der Waals surface area (Å²) in [5, 5.41) is 4.09. The first-order valence-electron chi connectivity index (χ1n) is 8.17. The lowest BCUT2D eigenvalue weighted by Crippen LogP contribution is -2.49. The molecule has 2 heterocycles. The second-order valence-corrected chi connectivity index (χ2v) is 5.90. The molecule has 0 aliphatic carbocycles. The molecule has 1 aromatic heterocycles. The Kier molecular flexibility index (Phi) is 5.39. The first-order chi connectivity index (χ1) is 12.2. The summed E-state index contributed by atoms with van der Waals surface area (Å²) < 4.78 is 6.20. The van der Waals surface area contributed by atoms with Crippen molar-refractivity contribution >= 4 is 11.9 Å². The van der Waals surface area contributed by atoms with E-state index in [4.69, 9.17) is 0 Å². The van der Waals surface area contributed by atoms with Gasteiger partial charge in [-0.1, -0.05) is 30.3 Å². The molecule has 1 aromatic carbocycles. The van der Waals surface area contributed by atoms with Gasteiger partial charge in [0.15, 0.2) is 0 Å². The number of aromatic nitrogens is 3. The molecule has 2 aromatic rings. The third-order valence-electron chi connectivity index (χ3n) is 4.17. The summed E-state index contributed by atoms with van der Waals surface area (Å²) in [4.78, 5) is 31.7. The van der Waals surface area contributed by atoms with E-state index >= 15 is 0 Å². The Morgan fingerprint density at radius 1 is 1.12 bits per heavy atom. The number of amides is 1. The highest BCUT2D eigenvalue weighted by molar-refractivity contribution is 5.84. The third kappa shape index (κ3) is 4.42. The molecular formula is C17H21N5O3. The number of carbonyl (C=O) groups excluding carboxylic acids is 2. The highest BCUT2D eigenvalue weighted by Crippen LogP contribution is 2.08. The maximum Gasteiger partial charge on any atom is 0.377 e. The number of hydrogen-bond donors (Lipinski definition) is 0. The van der Waals surface area contributed by atoms with Crippen molar-refractivity contribution in [2.75, 3.05) is 33.3 Å². The Bertz CT molecular complexity index is 723. The predicted octanol–water partition coefficient (Wildman–Crippen LogP) is 0.409. The lowest BCUT2D eigenvalue weighted by atomic mass is 10.1. The molecule has 8 heteroatoms. The quantitative estimate of drug-likeness (QED) is 0.732. The van der Waals surface area contributed by atoms with E-state index in [1.807, 2.05) is 35.2 Å². The van der Waals surface area contributed by atoms with Crippen LogP contribution in [-0.4, -0.2) is 69.7 Å². The van der Waals surface area contributed by atoms with Gasteiger partial charge >= 0.3 is 5.97 Å². The third-order valence-corrected chi connectivity index (χ3v) is 4.17. The highest BCUT2D eigenvalue weighted by atomic mass is 16.5. The molecule has 0 N–H and O–H groups in total. The number of nitrogens with zero attached hydrogens (tertiary/aromatic N) is 5. The number of carbonyl (C=O) groups is 2. The number of methoxy groups -OCH3 is 1. The average Bonchev–Trinajstić information content (AvgIpc) is 3.11. The minimum absolute atomic E-state index is 0.0548. The van der Waals surface area contributed by atoms with Gasteiger partial charge in [0, 0.05) is 26.2 Å². The highest BCUT2D eigenvalue weighted by Gasteiger charge is 2.22. The van der Waals surface area contributed by atoms with Crippen LogP contribution in [0.2, 0.25) is 0 Å². The van der Waals surface area contributed by atoms with Gasteiger partial charge in [0.25, 0.3) is 5.82 Å². The van der Waals surface area contributed by atoms with Crippen LogP contribution in [0.25, 0.3) is 0 Å². The summed E-state index contributed by atoms with van der Waals surface area (Å²) >= 11 is 0. The number of esters is 1. The van der Waals surface area contributed by atoms with Crippen molar-refractivity contribution in [1.82, 2.24) is 24.6 Å². The van der Waals surface area contributed by atoms with Crippen LogP contribution in [0.3, 0.4) is 0 Å². The minimum atomic E-state index is -0.546. The van der Waals surface area contributed by atoms with Crippen molar-refractivity contribution in [3.8, 4) is 0 Å². The SMILES string of the molecule is COC(=O)c1ncn(CN2CCN(C(=O)Cc3ccccc3)CC2)n1. The Labute approximate surface area is 146 Å². The molecule has 1 aliphatic rings. The zero-order valence-electron chi connectivity index (χ0n) is 14.2. The molecule has 0 atom stereocenters. The van der Waals surface area contributed by atoms with Crippen LogP contribution in [0, 0.1) is 0 Å². The summed E-state index contributed by atoms with van der Waals surface area (Å²) in [6.07, 6.45) is 1.95. The molecule has 0 radical (unpaired) electrons. The van der Waals surface area contributed by atoms with Gasteiger partial charge in [-0.3, -0.25) is 9.69 Å². The lowest BCUT2D eigenvalue weighted by molar-refractivity contribution is -0.132. The fraction of sp³-hybridized carbons (Fsp3) is 0.412. The molecule has 0 bridgehead atoms. The van der Waals surface area contributed by atoms with Crippen molar-refractivity contribution in [3.63, 3.8) is 0 Å². The molecule has 132 valence electrons. The normalized spacial score (nSPS) is 15.2.